The molecule has 0 aromatic heterocycles. The first-order valence-corrected chi connectivity index (χ1v) is 6.02. The quantitative estimate of drug-likeness (QED) is 0.785. The highest BCUT2D eigenvalue weighted by atomic mass is 16.5. The molecule has 0 heterocycles. The minimum Gasteiger partial charge on any atom is -0.497 e. The fraction of sp³-hybridized carbons (Fsp3) is 0.500. The number of carbonyl (C=O) groups is 1. The molecule has 4 heteroatoms. The van der Waals surface area contributed by atoms with Gasteiger partial charge in [0.2, 0.25) is 0 Å². The van der Waals surface area contributed by atoms with Crippen LogP contribution in [0.3, 0.4) is 0 Å². The van der Waals surface area contributed by atoms with Crippen LogP contribution in [0.2, 0.25) is 0 Å². The van der Waals surface area contributed by atoms with Crippen LogP contribution < -0.4 is 10.1 Å². The predicted octanol–water partition coefficient (Wildman–Crippen LogP) is 1.98. The molecule has 4 nitrogen and oxygen atoms in total. The first-order valence-electron chi connectivity index (χ1n) is 6.02. The van der Waals surface area contributed by atoms with Crippen LogP contribution in [0.4, 0.5) is 0 Å². The molecule has 0 aliphatic rings. The maximum absolute atomic E-state index is 11.6. The van der Waals surface area contributed by atoms with E-state index in [0.29, 0.717) is 6.54 Å². The Hall–Kier alpha value is -1.55. The molecule has 1 aromatic rings. The van der Waals surface area contributed by atoms with Crippen LogP contribution in [-0.4, -0.2) is 26.2 Å². The van der Waals surface area contributed by atoms with Gasteiger partial charge in [0.25, 0.3) is 0 Å². The van der Waals surface area contributed by atoms with Crippen LogP contribution in [0.15, 0.2) is 24.3 Å². The monoisotopic (exact) mass is 251 g/mol. The lowest BCUT2D eigenvalue weighted by Gasteiger charge is -2.20. The van der Waals surface area contributed by atoms with Gasteiger partial charge in [-0.1, -0.05) is 26.0 Å². The first-order chi connectivity index (χ1) is 8.58. The van der Waals surface area contributed by atoms with E-state index >= 15 is 0 Å². The number of methoxy groups -OCH3 is 2. The number of esters is 1. The van der Waals surface area contributed by atoms with Gasteiger partial charge >= 0.3 is 5.97 Å². The standard InChI is InChI=1S/C14H21NO3/c1-10(2)13(14(16)18-4)15-9-11-6-5-7-12(8-11)17-3/h5-8,10,13,15H,9H2,1-4H3. The van der Waals surface area contributed by atoms with Crippen LogP contribution >= 0.6 is 0 Å². The van der Waals surface area contributed by atoms with Crippen molar-refractivity contribution in [1.29, 1.82) is 0 Å². The highest BCUT2D eigenvalue weighted by Crippen LogP contribution is 2.13. The van der Waals surface area contributed by atoms with Crippen molar-refractivity contribution in [3.63, 3.8) is 0 Å². The molecule has 0 saturated heterocycles. The fourth-order valence-corrected chi connectivity index (χ4v) is 1.73. The maximum atomic E-state index is 11.6. The molecule has 1 unspecified atom stereocenters. The summed E-state index contributed by atoms with van der Waals surface area (Å²) in [7, 11) is 3.04. The first kappa shape index (κ1) is 14.5. The highest BCUT2D eigenvalue weighted by Gasteiger charge is 2.21. The molecule has 0 fully saturated rings. The Kier molecular flexibility index (Phi) is 5.65. The van der Waals surface area contributed by atoms with Crippen LogP contribution in [0.5, 0.6) is 5.75 Å². The third-order valence-corrected chi connectivity index (χ3v) is 2.78. The van der Waals surface area contributed by atoms with E-state index in [-0.39, 0.29) is 17.9 Å². The van der Waals surface area contributed by atoms with Gasteiger partial charge < -0.3 is 14.8 Å². The topological polar surface area (TPSA) is 47.6 Å². The Bertz CT molecular complexity index is 390. The second kappa shape index (κ2) is 7.01. The zero-order chi connectivity index (χ0) is 13.5. The number of nitrogens with one attached hydrogen (secondary N) is 1. The van der Waals surface area contributed by atoms with Crippen molar-refractivity contribution in [2.24, 2.45) is 5.92 Å². The zero-order valence-corrected chi connectivity index (χ0v) is 11.4. The van der Waals surface area contributed by atoms with Crippen molar-refractivity contribution < 1.29 is 14.3 Å². The van der Waals surface area contributed by atoms with Gasteiger partial charge in [0.05, 0.1) is 14.2 Å². The van der Waals surface area contributed by atoms with Gasteiger partial charge in [0.15, 0.2) is 0 Å². The third-order valence-electron chi connectivity index (χ3n) is 2.78. The molecule has 0 spiro atoms. The fourth-order valence-electron chi connectivity index (χ4n) is 1.73. The molecule has 0 aliphatic heterocycles. The van der Waals surface area contributed by atoms with Gasteiger partial charge in [0.1, 0.15) is 11.8 Å². The Morgan fingerprint density at radius 1 is 1.33 bits per heavy atom. The number of carbonyl (C=O) groups excluding carboxylic acids is 1. The van der Waals surface area contributed by atoms with E-state index in [0.717, 1.165) is 11.3 Å². The number of ether oxygens (including phenoxy) is 2. The summed E-state index contributed by atoms with van der Waals surface area (Å²) in [6.07, 6.45) is 0. The lowest BCUT2D eigenvalue weighted by Crippen LogP contribution is -2.41. The predicted molar refractivity (Wildman–Crippen MR) is 70.5 cm³/mol. The summed E-state index contributed by atoms with van der Waals surface area (Å²) in [5, 5.41) is 3.21. The Morgan fingerprint density at radius 3 is 2.61 bits per heavy atom. The van der Waals surface area contributed by atoms with Crippen molar-refractivity contribution in [2.75, 3.05) is 14.2 Å². The molecule has 1 N–H and O–H groups in total. The van der Waals surface area contributed by atoms with Crippen LogP contribution in [0, 0.1) is 5.92 Å². The second-order valence-corrected chi connectivity index (χ2v) is 4.48. The van der Waals surface area contributed by atoms with E-state index < -0.39 is 0 Å². The second-order valence-electron chi connectivity index (χ2n) is 4.48. The van der Waals surface area contributed by atoms with Crippen molar-refractivity contribution in [1.82, 2.24) is 5.32 Å². The van der Waals surface area contributed by atoms with Crippen LogP contribution in [0.1, 0.15) is 19.4 Å². The summed E-state index contributed by atoms with van der Waals surface area (Å²) in [5.74, 6) is 0.768. The Labute approximate surface area is 108 Å². The lowest BCUT2D eigenvalue weighted by molar-refractivity contribution is -0.144. The summed E-state index contributed by atoms with van der Waals surface area (Å²) in [4.78, 5) is 11.6. The van der Waals surface area contributed by atoms with E-state index in [1.807, 2.05) is 38.1 Å². The summed E-state index contributed by atoms with van der Waals surface area (Å²) < 4.78 is 9.94. The number of benzene rings is 1. The maximum Gasteiger partial charge on any atom is 0.323 e. The summed E-state index contributed by atoms with van der Waals surface area (Å²) in [6.45, 7) is 4.58. The van der Waals surface area contributed by atoms with Crippen molar-refractivity contribution >= 4 is 5.97 Å². The molecule has 18 heavy (non-hydrogen) atoms. The molecule has 1 aromatic carbocycles. The molecule has 0 aliphatic carbocycles. The molecule has 1 atom stereocenters. The van der Waals surface area contributed by atoms with Gasteiger partial charge in [-0.3, -0.25) is 4.79 Å². The smallest absolute Gasteiger partial charge is 0.323 e. The van der Waals surface area contributed by atoms with Gasteiger partial charge in [-0.15, -0.1) is 0 Å². The molecule has 0 amide bonds. The average Bonchev–Trinajstić information content (AvgIpc) is 2.38. The van der Waals surface area contributed by atoms with Crippen LogP contribution in [-0.2, 0) is 16.1 Å². The lowest BCUT2D eigenvalue weighted by atomic mass is 10.0. The van der Waals surface area contributed by atoms with Crippen LogP contribution in [0.25, 0.3) is 0 Å². The Morgan fingerprint density at radius 2 is 2.06 bits per heavy atom. The minimum atomic E-state index is -0.291. The molecule has 1 rings (SSSR count). The Balaban J connectivity index is 2.63. The van der Waals surface area contributed by atoms with Gasteiger partial charge in [-0.05, 0) is 23.6 Å². The zero-order valence-electron chi connectivity index (χ0n) is 11.4. The molecule has 0 saturated carbocycles. The van der Waals surface area contributed by atoms with E-state index in [2.05, 4.69) is 5.32 Å². The van der Waals surface area contributed by atoms with Gasteiger partial charge in [0, 0.05) is 6.54 Å². The van der Waals surface area contributed by atoms with E-state index in [1.165, 1.54) is 7.11 Å². The van der Waals surface area contributed by atoms with E-state index in [4.69, 9.17) is 9.47 Å². The average molecular weight is 251 g/mol. The van der Waals surface area contributed by atoms with Crippen molar-refractivity contribution in [3.05, 3.63) is 29.8 Å². The molecule has 0 radical (unpaired) electrons. The third kappa shape index (κ3) is 4.04. The summed E-state index contributed by atoms with van der Waals surface area (Å²) in [6, 6.07) is 7.47. The summed E-state index contributed by atoms with van der Waals surface area (Å²) >= 11 is 0. The molecular weight excluding hydrogens is 230 g/mol. The molecule has 0 bridgehead atoms. The van der Waals surface area contributed by atoms with Crippen molar-refractivity contribution in [3.8, 4) is 5.75 Å². The van der Waals surface area contributed by atoms with Gasteiger partial charge in [-0.25, -0.2) is 0 Å². The molecule has 100 valence electrons. The van der Waals surface area contributed by atoms with E-state index in [9.17, 15) is 4.79 Å². The number of rotatable bonds is 6. The minimum absolute atomic E-state index is 0.183. The van der Waals surface area contributed by atoms with Gasteiger partial charge in [-0.2, -0.15) is 0 Å². The SMILES string of the molecule is COC(=O)C(NCc1cccc(OC)c1)C(C)C. The highest BCUT2D eigenvalue weighted by molar-refractivity contribution is 5.75. The molecular formula is C14H21NO3. The normalized spacial score (nSPS) is 12.3. The van der Waals surface area contributed by atoms with E-state index in [1.54, 1.807) is 7.11 Å². The number of hydrogen-bond acceptors (Lipinski definition) is 4. The summed E-state index contributed by atoms with van der Waals surface area (Å²) in [5.41, 5.74) is 1.07. The van der Waals surface area contributed by atoms with Crippen molar-refractivity contribution in [2.45, 2.75) is 26.4 Å². The largest absolute Gasteiger partial charge is 0.497 e. The number of hydrogen-bond donors (Lipinski definition) is 1.